The Labute approximate surface area is 234 Å². The van der Waals surface area contributed by atoms with Crippen LogP contribution < -0.4 is 4.72 Å². The molecular weight excluding hydrogens is 514 g/mol. The number of sulfonamides is 1. The fraction of sp³-hybridized carbons (Fsp3) is 0.679. The summed E-state index contributed by atoms with van der Waals surface area (Å²) >= 11 is 0. The van der Waals surface area contributed by atoms with Crippen LogP contribution in [-0.4, -0.2) is 89.9 Å². The first-order valence-electron chi connectivity index (χ1n) is 14.4. The number of carbonyl (C=O) groups excluding carboxylic acids is 1. The van der Waals surface area contributed by atoms with Gasteiger partial charge in [-0.05, 0) is 57.3 Å². The fourth-order valence-corrected chi connectivity index (χ4v) is 6.47. The van der Waals surface area contributed by atoms with Crippen LogP contribution >= 0.6 is 0 Å². The number of carbonyl (C=O) groups is 1. The number of hydrogen-bond acceptors (Lipinski definition) is 6. The van der Waals surface area contributed by atoms with Gasteiger partial charge in [-0.15, -0.1) is 0 Å². The highest BCUT2D eigenvalue weighted by Gasteiger charge is 2.29. The molecule has 10 nitrogen and oxygen atoms in total. The summed E-state index contributed by atoms with van der Waals surface area (Å²) in [5.41, 5.74) is 1.12. The molecule has 39 heavy (non-hydrogen) atoms. The lowest BCUT2D eigenvalue weighted by atomic mass is 9.94. The Morgan fingerprint density at radius 2 is 1.79 bits per heavy atom. The van der Waals surface area contributed by atoms with Crippen molar-refractivity contribution in [2.24, 2.45) is 0 Å². The van der Waals surface area contributed by atoms with E-state index in [9.17, 15) is 13.2 Å². The van der Waals surface area contributed by atoms with E-state index in [4.69, 9.17) is 4.98 Å². The van der Waals surface area contributed by atoms with E-state index in [1.807, 2.05) is 35.2 Å². The van der Waals surface area contributed by atoms with E-state index in [1.54, 1.807) is 19.0 Å². The Kier molecular flexibility index (Phi) is 12.2. The molecule has 11 heteroatoms. The molecule has 1 saturated carbocycles. The van der Waals surface area contributed by atoms with E-state index in [0.717, 1.165) is 50.9 Å². The van der Waals surface area contributed by atoms with Crippen molar-refractivity contribution in [1.82, 2.24) is 34.6 Å². The van der Waals surface area contributed by atoms with Gasteiger partial charge < -0.3 is 14.7 Å². The number of amides is 2. The summed E-state index contributed by atoms with van der Waals surface area (Å²) in [5.74, 6) is 1.03. The first kappa shape index (κ1) is 31.0. The molecule has 0 aliphatic heterocycles. The third-order valence-electron chi connectivity index (χ3n) is 7.49. The molecule has 218 valence electrons. The van der Waals surface area contributed by atoms with Crippen molar-refractivity contribution in [3.05, 3.63) is 47.5 Å². The van der Waals surface area contributed by atoms with Gasteiger partial charge in [-0.1, -0.05) is 63.4 Å². The van der Waals surface area contributed by atoms with Gasteiger partial charge >= 0.3 is 6.03 Å². The maximum atomic E-state index is 13.1. The molecule has 1 aliphatic carbocycles. The van der Waals surface area contributed by atoms with Crippen LogP contribution in [0, 0.1) is 0 Å². The molecule has 1 aromatic heterocycles. The van der Waals surface area contributed by atoms with Gasteiger partial charge in [0.25, 0.3) is 0 Å². The first-order chi connectivity index (χ1) is 18.7. The predicted molar refractivity (Wildman–Crippen MR) is 155 cm³/mol. The van der Waals surface area contributed by atoms with E-state index in [1.165, 1.54) is 6.42 Å². The minimum absolute atomic E-state index is 0.0469. The molecule has 2 amide bonds. The Morgan fingerprint density at radius 3 is 2.44 bits per heavy atom. The van der Waals surface area contributed by atoms with Gasteiger partial charge in [0.2, 0.25) is 10.0 Å². The highest BCUT2D eigenvalue weighted by Crippen LogP contribution is 2.25. The normalized spacial score (nSPS) is 15.4. The zero-order valence-corrected chi connectivity index (χ0v) is 24.9. The number of aryl methyl sites for hydroxylation is 1. The van der Waals surface area contributed by atoms with Gasteiger partial charge in [0.05, 0.1) is 18.3 Å². The lowest BCUT2D eigenvalue weighted by Gasteiger charge is -2.35. The second-order valence-corrected chi connectivity index (χ2v) is 12.5. The predicted octanol–water partition coefficient (Wildman–Crippen LogP) is 3.95. The maximum Gasteiger partial charge on any atom is 0.320 e. The zero-order valence-electron chi connectivity index (χ0n) is 24.1. The molecule has 2 aromatic rings. The molecule has 2 N–H and O–H groups in total. The van der Waals surface area contributed by atoms with Crippen molar-refractivity contribution in [3.63, 3.8) is 0 Å². The van der Waals surface area contributed by atoms with Crippen LogP contribution in [0.5, 0.6) is 0 Å². The van der Waals surface area contributed by atoms with Gasteiger partial charge in [0.1, 0.15) is 5.82 Å². The minimum atomic E-state index is -3.54. The smallest absolute Gasteiger partial charge is 0.320 e. The molecular formula is C28H47N7O3S. The van der Waals surface area contributed by atoms with Crippen molar-refractivity contribution in [2.45, 2.75) is 83.8 Å². The van der Waals surface area contributed by atoms with Gasteiger partial charge in [0, 0.05) is 20.1 Å². The van der Waals surface area contributed by atoms with Crippen LogP contribution in [0.3, 0.4) is 0 Å². The molecule has 0 saturated heterocycles. The molecule has 1 aromatic carbocycles. The lowest BCUT2D eigenvalue weighted by molar-refractivity contribution is 0.127. The zero-order chi connectivity index (χ0) is 28.3. The Balaban J connectivity index is 1.75. The summed E-state index contributed by atoms with van der Waals surface area (Å²) in [6.45, 7) is 7.02. The van der Waals surface area contributed by atoms with E-state index >= 15 is 0 Å². The van der Waals surface area contributed by atoms with Gasteiger partial charge in [-0.2, -0.15) is 5.10 Å². The van der Waals surface area contributed by atoms with Gasteiger partial charge in [-0.25, -0.2) is 22.9 Å². The van der Waals surface area contributed by atoms with Gasteiger partial charge in [-0.3, -0.25) is 5.10 Å². The number of aromatic amines is 1. The van der Waals surface area contributed by atoms with Crippen LogP contribution in [0.2, 0.25) is 0 Å². The van der Waals surface area contributed by atoms with Crippen molar-refractivity contribution in [2.75, 3.05) is 39.5 Å². The van der Waals surface area contributed by atoms with Gasteiger partial charge in [0.15, 0.2) is 5.82 Å². The molecule has 1 heterocycles. The molecule has 1 aliphatic rings. The van der Waals surface area contributed by atoms with Crippen LogP contribution in [0.15, 0.2) is 30.3 Å². The topological polar surface area (TPSA) is 115 Å². The summed E-state index contributed by atoms with van der Waals surface area (Å²) < 4.78 is 29.1. The molecule has 0 bridgehead atoms. The van der Waals surface area contributed by atoms with Crippen LogP contribution in [0.1, 0.15) is 82.0 Å². The number of hydrogen-bond donors (Lipinski definition) is 2. The van der Waals surface area contributed by atoms with Crippen LogP contribution in [0.4, 0.5) is 4.79 Å². The lowest BCUT2D eigenvalue weighted by Crippen LogP contribution is -2.46. The molecule has 1 atom stereocenters. The molecule has 3 rings (SSSR count). The number of H-pyrrole nitrogens is 1. The van der Waals surface area contributed by atoms with Crippen LogP contribution in [-0.2, 0) is 23.0 Å². The highest BCUT2D eigenvalue weighted by atomic mass is 32.2. The fourth-order valence-electron chi connectivity index (χ4n) is 5.19. The van der Waals surface area contributed by atoms with E-state index in [0.29, 0.717) is 37.5 Å². The number of urea groups is 1. The Morgan fingerprint density at radius 1 is 1.10 bits per heavy atom. The summed E-state index contributed by atoms with van der Waals surface area (Å²) in [6.07, 6.45) is 7.16. The highest BCUT2D eigenvalue weighted by molar-refractivity contribution is 7.89. The largest absolute Gasteiger partial charge is 0.331 e. The standard InChI is InChI=1S/C28H47N7O3S/c1-5-34(6-2)20-13-21-39(37,38)32-25(19-18-23-14-9-7-10-15-23)27-29-26(30-31-27)22-35(28(36)33(3)4)24-16-11-8-12-17-24/h7,9-10,14-15,24-25,32H,5-6,8,11-13,16-22H2,1-4H3,(H,29,30,31)/t25-/m1/s1. The average molecular weight is 562 g/mol. The van der Waals surface area contributed by atoms with E-state index < -0.39 is 16.1 Å². The van der Waals surface area contributed by atoms with Crippen LogP contribution in [0.25, 0.3) is 0 Å². The summed E-state index contributed by atoms with van der Waals surface area (Å²) in [7, 11) is -0.0178. The van der Waals surface area contributed by atoms with Crippen molar-refractivity contribution >= 4 is 16.1 Å². The third kappa shape index (κ3) is 9.88. The summed E-state index contributed by atoms with van der Waals surface area (Å²) in [4.78, 5) is 23.4. The Bertz CT molecular complexity index is 1100. The quantitative estimate of drug-likeness (QED) is 0.340. The number of benzene rings is 1. The molecule has 1 fully saturated rings. The molecule has 0 radical (unpaired) electrons. The van der Waals surface area contributed by atoms with E-state index in [2.05, 4.69) is 33.7 Å². The number of nitrogens with zero attached hydrogens (tertiary/aromatic N) is 5. The van der Waals surface area contributed by atoms with Crippen molar-refractivity contribution < 1.29 is 13.2 Å². The SMILES string of the molecule is CCN(CC)CCCS(=O)(=O)N[C@H](CCc1ccccc1)c1n[nH]c(CN(C(=O)N(C)C)C2CCCCC2)n1. The molecule has 0 unspecified atom stereocenters. The average Bonchev–Trinajstić information content (AvgIpc) is 3.41. The molecule has 0 spiro atoms. The second-order valence-electron chi connectivity index (χ2n) is 10.6. The van der Waals surface area contributed by atoms with Crippen molar-refractivity contribution in [1.29, 1.82) is 0 Å². The minimum Gasteiger partial charge on any atom is -0.331 e. The number of rotatable bonds is 15. The second kappa shape index (κ2) is 15.3. The summed E-state index contributed by atoms with van der Waals surface area (Å²) in [5, 5.41) is 7.42. The maximum absolute atomic E-state index is 13.1. The summed E-state index contributed by atoms with van der Waals surface area (Å²) in [6, 6.07) is 9.55. The number of aromatic nitrogens is 3. The Hall–Kier alpha value is -2.50. The number of nitrogens with one attached hydrogen (secondary N) is 2. The monoisotopic (exact) mass is 561 g/mol. The van der Waals surface area contributed by atoms with Crippen molar-refractivity contribution in [3.8, 4) is 0 Å². The van der Waals surface area contributed by atoms with E-state index in [-0.39, 0.29) is 17.8 Å². The first-order valence-corrected chi connectivity index (χ1v) is 16.0. The third-order valence-corrected chi connectivity index (χ3v) is 8.96.